The summed E-state index contributed by atoms with van der Waals surface area (Å²) < 4.78 is 10.5. The average Bonchev–Trinajstić information content (AvgIpc) is 2.53. The van der Waals surface area contributed by atoms with Gasteiger partial charge in [0, 0.05) is 23.6 Å². The summed E-state index contributed by atoms with van der Waals surface area (Å²) in [6, 6.07) is 5.62. The van der Waals surface area contributed by atoms with Gasteiger partial charge in [0.25, 0.3) is 0 Å². The van der Waals surface area contributed by atoms with Gasteiger partial charge in [-0.15, -0.1) is 0 Å². The minimum absolute atomic E-state index is 0.113. The Morgan fingerprint density at radius 2 is 2.00 bits per heavy atom. The molecule has 0 atom stereocenters. The van der Waals surface area contributed by atoms with Crippen molar-refractivity contribution >= 4 is 5.91 Å². The number of piperidine rings is 1. The fraction of sp³-hybridized carbons (Fsp3) is 0.562. The summed E-state index contributed by atoms with van der Waals surface area (Å²) in [4.78, 5) is 12.4. The summed E-state index contributed by atoms with van der Waals surface area (Å²) in [5.41, 5.74) is 0.675. The lowest BCUT2D eigenvalue weighted by Gasteiger charge is -2.32. The van der Waals surface area contributed by atoms with Crippen molar-refractivity contribution in [2.75, 3.05) is 27.3 Å². The molecule has 0 unspecified atom stereocenters. The summed E-state index contributed by atoms with van der Waals surface area (Å²) in [6.45, 7) is 4.30. The van der Waals surface area contributed by atoms with E-state index in [0.717, 1.165) is 43.0 Å². The van der Waals surface area contributed by atoms with Crippen molar-refractivity contribution in [2.24, 2.45) is 5.41 Å². The molecule has 1 aromatic rings. The number of nitrogens with one attached hydrogen (secondary N) is 2. The predicted octanol–water partition coefficient (Wildman–Crippen LogP) is 1.71. The van der Waals surface area contributed by atoms with Gasteiger partial charge in [0.1, 0.15) is 11.5 Å². The highest BCUT2D eigenvalue weighted by molar-refractivity contribution is 5.82. The first-order chi connectivity index (χ1) is 10.1. The Kier molecular flexibility index (Phi) is 5.07. The summed E-state index contributed by atoms with van der Waals surface area (Å²) in [5.74, 6) is 1.58. The topological polar surface area (TPSA) is 59.6 Å². The molecule has 1 amide bonds. The first kappa shape index (κ1) is 15.6. The van der Waals surface area contributed by atoms with Crippen molar-refractivity contribution in [3.8, 4) is 11.5 Å². The molecule has 1 saturated heterocycles. The van der Waals surface area contributed by atoms with Crippen molar-refractivity contribution < 1.29 is 14.3 Å². The van der Waals surface area contributed by atoms with Gasteiger partial charge >= 0.3 is 0 Å². The number of rotatable bonds is 5. The molecule has 1 fully saturated rings. The zero-order valence-corrected chi connectivity index (χ0v) is 13.0. The maximum absolute atomic E-state index is 12.4. The van der Waals surface area contributed by atoms with Gasteiger partial charge in [-0.25, -0.2) is 0 Å². The highest BCUT2D eigenvalue weighted by Gasteiger charge is 2.34. The first-order valence-corrected chi connectivity index (χ1v) is 7.29. The van der Waals surface area contributed by atoms with Crippen LogP contribution in [0.5, 0.6) is 11.5 Å². The van der Waals surface area contributed by atoms with Crippen molar-refractivity contribution in [1.82, 2.24) is 10.6 Å². The van der Waals surface area contributed by atoms with E-state index in [1.54, 1.807) is 14.2 Å². The number of amides is 1. The molecule has 0 saturated carbocycles. The van der Waals surface area contributed by atoms with Crippen LogP contribution in [-0.4, -0.2) is 33.2 Å². The van der Waals surface area contributed by atoms with E-state index in [1.807, 2.05) is 25.1 Å². The van der Waals surface area contributed by atoms with Crippen LogP contribution in [0.15, 0.2) is 18.2 Å². The minimum atomic E-state index is -0.273. The fourth-order valence-electron chi connectivity index (χ4n) is 2.59. The van der Waals surface area contributed by atoms with Crippen molar-refractivity contribution in [3.05, 3.63) is 23.8 Å². The van der Waals surface area contributed by atoms with Crippen LogP contribution in [0.25, 0.3) is 0 Å². The first-order valence-electron chi connectivity index (χ1n) is 7.29. The molecular formula is C16H24N2O3. The standard InChI is InChI=1S/C16H24N2O3/c1-16(6-8-17-9-7-16)15(19)18-11-12-4-5-13(20-2)10-14(12)21-3/h4-5,10,17H,6-9,11H2,1-3H3,(H,18,19). The van der Waals surface area contributed by atoms with Crippen LogP contribution in [0.4, 0.5) is 0 Å². The maximum atomic E-state index is 12.4. The van der Waals surface area contributed by atoms with Gasteiger partial charge in [0.15, 0.2) is 0 Å². The third kappa shape index (κ3) is 3.67. The Morgan fingerprint density at radius 3 is 2.62 bits per heavy atom. The number of methoxy groups -OCH3 is 2. The van der Waals surface area contributed by atoms with Gasteiger partial charge in [-0.1, -0.05) is 6.92 Å². The number of ether oxygens (including phenoxy) is 2. The molecule has 2 rings (SSSR count). The van der Waals surface area contributed by atoms with E-state index in [1.165, 1.54) is 0 Å². The van der Waals surface area contributed by atoms with Gasteiger partial charge in [-0.2, -0.15) is 0 Å². The lowest BCUT2D eigenvalue weighted by atomic mass is 9.80. The number of hydrogen-bond acceptors (Lipinski definition) is 4. The van der Waals surface area contributed by atoms with Crippen LogP contribution in [0.1, 0.15) is 25.3 Å². The maximum Gasteiger partial charge on any atom is 0.226 e. The third-order valence-electron chi connectivity index (χ3n) is 4.19. The summed E-state index contributed by atoms with van der Waals surface area (Å²) in [7, 11) is 3.24. The van der Waals surface area contributed by atoms with Crippen molar-refractivity contribution in [3.63, 3.8) is 0 Å². The highest BCUT2D eigenvalue weighted by Crippen LogP contribution is 2.29. The Labute approximate surface area is 126 Å². The third-order valence-corrected chi connectivity index (χ3v) is 4.19. The summed E-state index contributed by atoms with van der Waals surface area (Å²) in [6.07, 6.45) is 1.75. The predicted molar refractivity (Wildman–Crippen MR) is 81.6 cm³/mol. The number of carbonyl (C=O) groups excluding carboxylic acids is 1. The SMILES string of the molecule is COc1ccc(CNC(=O)C2(C)CCNCC2)c(OC)c1. The Hall–Kier alpha value is -1.75. The van der Waals surface area contributed by atoms with Crippen LogP contribution in [0.2, 0.25) is 0 Å². The van der Waals surface area contributed by atoms with Gasteiger partial charge in [0.05, 0.1) is 14.2 Å². The molecule has 1 heterocycles. The average molecular weight is 292 g/mol. The normalized spacial score (nSPS) is 17.1. The van der Waals surface area contributed by atoms with E-state index in [0.29, 0.717) is 6.54 Å². The zero-order chi connectivity index (χ0) is 15.3. The minimum Gasteiger partial charge on any atom is -0.497 e. The molecule has 5 nitrogen and oxygen atoms in total. The second kappa shape index (κ2) is 6.80. The molecule has 1 aliphatic heterocycles. The molecule has 0 spiro atoms. The number of benzene rings is 1. The van der Waals surface area contributed by atoms with E-state index in [4.69, 9.17) is 9.47 Å². The molecule has 0 aromatic heterocycles. The van der Waals surface area contributed by atoms with Gasteiger partial charge in [-0.3, -0.25) is 4.79 Å². The van der Waals surface area contributed by atoms with Gasteiger partial charge < -0.3 is 20.1 Å². The van der Waals surface area contributed by atoms with E-state index in [9.17, 15) is 4.79 Å². The number of hydrogen-bond donors (Lipinski definition) is 2. The van der Waals surface area contributed by atoms with Crippen LogP contribution >= 0.6 is 0 Å². The Balaban J connectivity index is 2.00. The molecule has 21 heavy (non-hydrogen) atoms. The summed E-state index contributed by atoms with van der Waals surface area (Å²) >= 11 is 0. The lowest BCUT2D eigenvalue weighted by Crippen LogP contribution is -2.45. The molecule has 0 bridgehead atoms. The fourth-order valence-corrected chi connectivity index (χ4v) is 2.59. The van der Waals surface area contributed by atoms with Crippen LogP contribution in [0, 0.1) is 5.41 Å². The zero-order valence-electron chi connectivity index (χ0n) is 13.0. The molecule has 5 heteroatoms. The lowest BCUT2D eigenvalue weighted by molar-refractivity contribution is -0.131. The van der Waals surface area contributed by atoms with E-state index in [-0.39, 0.29) is 11.3 Å². The monoisotopic (exact) mass is 292 g/mol. The van der Waals surface area contributed by atoms with Crippen molar-refractivity contribution in [1.29, 1.82) is 0 Å². The largest absolute Gasteiger partial charge is 0.497 e. The van der Waals surface area contributed by atoms with E-state index in [2.05, 4.69) is 10.6 Å². The van der Waals surface area contributed by atoms with Crippen LogP contribution < -0.4 is 20.1 Å². The Bertz CT molecular complexity index is 496. The smallest absolute Gasteiger partial charge is 0.226 e. The molecule has 2 N–H and O–H groups in total. The van der Waals surface area contributed by atoms with E-state index >= 15 is 0 Å². The number of carbonyl (C=O) groups is 1. The van der Waals surface area contributed by atoms with Crippen molar-refractivity contribution in [2.45, 2.75) is 26.3 Å². The van der Waals surface area contributed by atoms with Gasteiger partial charge in [0.2, 0.25) is 5.91 Å². The quantitative estimate of drug-likeness (QED) is 0.867. The second-order valence-corrected chi connectivity index (χ2v) is 5.67. The Morgan fingerprint density at radius 1 is 1.29 bits per heavy atom. The molecule has 116 valence electrons. The highest BCUT2D eigenvalue weighted by atomic mass is 16.5. The van der Waals surface area contributed by atoms with Crippen LogP contribution in [0.3, 0.4) is 0 Å². The molecule has 1 aromatic carbocycles. The summed E-state index contributed by atoms with van der Waals surface area (Å²) in [5, 5.41) is 6.32. The van der Waals surface area contributed by atoms with Gasteiger partial charge in [-0.05, 0) is 38.1 Å². The molecule has 0 radical (unpaired) electrons. The molecular weight excluding hydrogens is 268 g/mol. The molecule has 0 aliphatic carbocycles. The molecule has 1 aliphatic rings. The van der Waals surface area contributed by atoms with E-state index < -0.39 is 0 Å². The van der Waals surface area contributed by atoms with Crippen LogP contribution in [-0.2, 0) is 11.3 Å². The second-order valence-electron chi connectivity index (χ2n) is 5.67.